The van der Waals surface area contributed by atoms with Crippen LogP contribution in [0, 0.1) is 5.92 Å². The molecule has 1 amide bonds. The van der Waals surface area contributed by atoms with E-state index in [0.29, 0.717) is 19.4 Å². The highest BCUT2D eigenvalue weighted by molar-refractivity contribution is 7.80. The molecule has 0 fully saturated rings. The maximum absolute atomic E-state index is 12.3. The minimum atomic E-state index is -0.698. The molecule has 0 bridgehead atoms. The van der Waals surface area contributed by atoms with Crippen molar-refractivity contribution in [3.63, 3.8) is 0 Å². The van der Waals surface area contributed by atoms with Crippen LogP contribution in [0.5, 0.6) is 0 Å². The van der Waals surface area contributed by atoms with Gasteiger partial charge in [-0.2, -0.15) is 0 Å². The number of carbonyl (C=O) groups is 1. The first kappa shape index (κ1) is 21.1. The lowest BCUT2D eigenvalue weighted by Gasteiger charge is -2.20. The van der Waals surface area contributed by atoms with Crippen molar-refractivity contribution in [2.45, 2.75) is 32.3 Å². The number of allylic oxidation sites excluding steroid dienone is 1. The molecule has 0 aliphatic carbocycles. The summed E-state index contributed by atoms with van der Waals surface area (Å²) in [5.41, 5.74) is 6.06. The maximum Gasteiger partial charge on any atom is 0.241 e. The Bertz CT molecular complexity index is 540. The van der Waals surface area contributed by atoms with E-state index in [1.165, 1.54) is 0 Å². The molecular formula is C18H27N3O3S. The molecule has 7 heteroatoms. The molecule has 0 aromatic heterocycles. The van der Waals surface area contributed by atoms with Gasteiger partial charge >= 0.3 is 0 Å². The molecule has 4 N–H and O–H groups in total. The molecule has 0 radical (unpaired) electrons. The topological polar surface area (TPSA) is 82.6 Å². The SMILES string of the molecule is C=CC[C@H](C[C@H](O)COCCC)C(=O)NNC(=S)Nc1ccccc1. The number of carbonyl (C=O) groups excluding carboxylic acids is 1. The summed E-state index contributed by atoms with van der Waals surface area (Å²) in [6.07, 6.45) is 2.60. The van der Waals surface area contributed by atoms with Crippen molar-refractivity contribution in [1.82, 2.24) is 10.9 Å². The van der Waals surface area contributed by atoms with Crippen LogP contribution in [0.1, 0.15) is 26.2 Å². The van der Waals surface area contributed by atoms with E-state index >= 15 is 0 Å². The van der Waals surface area contributed by atoms with Crippen LogP contribution in [0.15, 0.2) is 43.0 Å². The number of hydrogen-bond donors (Lipinski definition) is 4. The summed E-state index contributed by atoms with van der Waals surface area (Å²) in [4.78, 5) is 12.3. The summed E-state index contributed by atoms with van der Waals surface area (Å²) in [6, 6.07) is 9.39. The van der Waals surface area contributed by atoms with Crippen LogP contribution in [-0.4, -0.2) is 35.4 Å². The van der Waals surface area contributed by atoms with Crippen molar-refractivity contribution >= 4 is 28.9 Å². The number of hydrazine groups is 1. The van der Waals surface area contributed by atoms with Gasteiger partial charge in [0, 0.05) is 18.2 Å². The third-order valence-electron chi connectivity index (χ3n) is 3.37. The van der Waals surface area contributed by atoms with Gasteiger partial charge in [0.05, 0.1) is 12.7 Å². The minimum Gasteiger partial charge on any atom is -0.391 e. The molecule has 0 spiro atoms. The van der Waals surface area contributed by atoms with Crippen LogP contribution in [0.3, 0.4) is 0 Å². The number of anilines is 1. The molecule has 0 heterocycles. The molecule has 0 saturated heterocycles. The lowest BCUT2D eigenvalue weighted by molar-refractivity contribution is -0.126. The van der Waals surface area contributed by atoms with E-state index in [1.807, 2.05) is 37.3 Å². The summed E-state index contributed by atoms with van der Waals surface area (Å²) >= 11 is 5.14. The van der Waals surface area contributed by atoms with E-state index in [0.717, 1.165) is 12.1 Å². The average molecular weight is 365 g/mol. The van der Waals surface area contributed by atoms with Crippen LogP contribution < -0.4 is 16.2 Å². The number of amides is 1. The predicted octanol–water partition coefficient (Wildman–Crippen LogP) is 2.37. The van der Waals surface area contributed by atoms with Gasteiger partial charge in [0.25, 0.3) is 0 Å². The number of hydrogen-bond acceptors (Lipinski definition) is 4. The summed E-state index contributed by atoms with van der Waals surface area (Å²) in [5, 5.41) is 13.2. The van der Waals surface area contributed by atoms with Gasteiger partial charge in [0.1, 0.15) is 0 Å². The van der Waals surface area contributed by atoms with E-state index in [9.17, 15) is 9.90 Å². The number of rotatable bonds is 10. The highest BCUT2D eigenvalue weighted by atomic mass is 32.1. The van der Waals surface area contributed by atoms with Gasteiger partial charge in [-0.05, 0) is 43.6 Å². The van der Waals surface area contributed by atoms with E-state index < -0.39 is 12.0 Å². The van der Waals surface area contributed by atoms with Crippen molar-refractivity contribution in [2.24, 2.45) is 5.92 Å². The molecule has 0 aliphatic rings. The zero-order chi connectivity index (χ0) is 18.5. The maximum atomic E-state index is 12.3. The first-order valence-corrected chi connectivity index (χ1v) is 8.76. The Morgan fingerprint density at radius 3 is 2.72 bits per heavy atom. The van der Waals surface area contributed by atoms with Gasteiger partial charge in [-0.1, -0.05) is 31.2 Å². The molecular weight excluding hydrogens is 338 g/mol. The quantitative estimate of drug-likeness (QED) is 0.221. The third-order valence-corrected chi connectivity index (χ3v) is 3.57. The Labute approximate surface area is 154 Å². The van der Waals surface area contributed by atoms with E-state index in [1.54, 1.807) is 6.08 Å². The number of thiocarbonyl (C=S) groups is 1. The Balaban J connectivity index is 2.41. The van der Waals surface area contributed by atoms with Crippen LogP contribution in [0.4, 0.5) is 5.69 Å². The second kappa shape index (κ2) is 12.4. The number of benzene rings is 1. The highest BCUT2D eigenvalue weighted by Crippen LogP contribution is 2.13. The molecule has 1 rings (SSSR count). The number of nitrogens with one attached hydrogen (secondary N) is 3. The Kier molecular flexibility index (Phi) is 10.5. The third kappa shape index (κ3) is 9.19. The molecule has 1 aromatic rings. The molecule has 138 valence electrons. The number of para-hydroxylation sites is 1. The largest absolute Gasteiger partial charge is 0.391 e. The first-order chi connectivity index (χ1) is 12.1. The number of aliphatic hydroxyl groups is 1. The standard InChI is InChI=1S/C18H27N3O3S/c1-3-8-14(12-16(22)13-24-11-4-2)17(23)20-21-18(25)19-15-9-6-5-7-10-15/h3,5-7,9-10,14,16,22H,1,4,8,11-13H2,2H3,(H,20,23)(H2,19,21,25)/t14-,16+/m1/s1. The molecule has 25 heavy (non-hydrogen) atoms. The molecule has 6 nitrogen and oxygen atoms in total. The fourth-order valence-corrected chi connectivity index (χ4v) is 2.34. The van der Waals surface area contributed by atoms with E-state index in [4.69, 9.17) is 17.0 Å². The summed E-state index contributed by atoms with van der Waals surface area (Å²) in [7, 11) is 0. The molecule has 0 saturated carbocycles. The van der Waals surface area contributed by atoms with E-state index in [-0.39, 0.29) is 17.6 Å². The highest BCUT2D eigenvalue weighted by Gasteiger charge is 2.21. The minimum absolute atomic E-state index is 0.218. The summed E-state index contributed by atoms with van der Waals surface area (Å²) in [6.45, 7) is 6.48. The van der Waals surface area contributed by atoms with Gasteiger partial charge in [-0.3, -0.25) is 15.6 Å². The van der Waals surface area contributed by atoms with Gasteiger partial charge in [-0.15, -0.1) is 6.58 Å². The van der Waals surface area contributed by atoms with E-state index in [2.05, 4.69) is 22.7 Å². The van der Waals surface area contributed by atoms with Crippen LogP contribution >= 0.6 is 12.2 Å². The van der Waals surface area contributed by atoms with Gasteiger partial charge in [-0.25, -0.2) is 0 Å². The fourth-order valence-electron chi connectivity index (χ4n) is 2.18. The molecule has 0 unspecified atom stereocenters. The van der Waals surface area contributed by atoms with Crippen molar-refractivity contribution in [3.05, 3.63) is 43.0 Å². The van der Waals surface area contributed by atoms with Gasteiger partial charge in [0.15, 0.2) is 5.11 Å². The van der Waals surface area contributed by atoms with Crippen molar-refractivity contribution in [2.75, 3.05) is 18.5 Å². The lowest BCUT2D eigenvalue weighted by Crippen LogP contribution is -2.46. The normalized spacial score (nSPS) is 12.7. The Morgan fingerprint density at radius 2 is 2.08 bits per heavy atom. The number of ether oxygens (including phenoxy) is 1. The molecule has 1 aromatic carbocycles. The van der Waals surface area contributed by atoms with Crippen molar-refractivity contribution < 1.29 is 14.6 Å². The van der Waals surface area contributed by atoms with Gasteiger partial charge < -0.3 is 15.2 Å². The fraction of sp³-hybridized carbons (Fsp3) is 0.444. The van der Waals surface area contributed by atoms with Gasteiger partial charge in [0.2, 0.25) is 5.91 Å². The second-order valence-corrected chi connectivity index (χ2v) is 6.03. The monoisotopic (exact) mass is 365 g/mol. The van der Waals surface area contributed by atoms with Crippen molar-refractivity contribution in [3.8, 4) is 0 Å². The summed E-state index contributed by atoms with van der Waals surface area (Å²) in [5.74, 6) is -0.670. The molecule has 0 aliphatic heterocycles. The zero-order valence-corrected chi connectivity index (χ0v) is 15.3. The number of aliphatic hydroxyl groups excluding tert-OH is 1. The van der Waals surface area contributed by atoms with Crippen LogP contribution in [0.25, 0.3) is 0 Å². The lowest BCUT2D eigenvalue weighted by atomic mass is 9.97. The smallest absolute Gasteiger partial charge is 0.241 e. The Hall–Kier alpha value is -1.96. The van der Waals surface area contributed by atoms with Crippen LogP contribution in [0.2, 0.25) is 0 Å². The zero-order valence-electron chi connectivity index (χ0n) is 14.5. The molecule has 2 atom stereocenters. The van der Waals surface area contributed by atoms with Crippen molar-refractivity contribution in [1.29, 1.82) is 0 Å². The average Bonchev–Trinajstić information content (AvgIpc) is 2.60. The first-order valence-electron chi connectivity index (χ1n) is 8.35. The predicted molar refractivity (Wildman–Crippen MR) is 104 cm³/mol. The summed E-state index contributed by atoms with van der Waals surface area (Å²) < 4.78 is 5.31. The Morgan fingerprint density at radius 1 is 1.36 bits per heavy atom. The second-order valence-electron chi connectivity index (χ2n) is 5.62. The van der Waals surface area contributed by atoms with Crippen LogP contribution in [-0.2, 0) is 9.53 Å².